The summed E-state index contributed by atoms with van der Waals surface area (Å²) in [5.41, 5.74) is 1.69. The summed E-state index contributed by atoms with van der Waals surface area (Å²) in [5.74, 6) is -0.454. The third kappa shape index (κ3) is 3.63. The first-order valence-electron chi connectivity index (χ1n) is 9.80. The number of benzene rings is 2. The van der Waals surface area contributed by atoms with Gasteiger partial charge in [0.25, 0.3) is 0 Å². The maximum absolute atomic E-state index is 13.5. The highest BCUT2D eigenvalue weighted by atomic mass is 35.5. The summed E-state index contributed by atoms with van der Waals surface area (Å²) in [5, 5.41) is 7.59. The topological polar surface area (TPSA) is 81.1 Å². The zero-order valence-electron chi connectivity index (χ0n) is 16.3. The molecule has 1 N–H and O–H groups in total. The van der Waals surface area contributed by atoms with Crippen LogP contribution in [0.15, 0.2) is 71.9 Å². The molecule has 30 heavy (non-hydrogen) atoms. The minimum absolute atomic E-state index is 0.126. The van der Waals surface area contributed by atoms with Crippen molar-refractivity contribution in [1.82, 2.24) is 15.1 Å². The lowest BCUT2D eigenvalue weighted by molar-refractivity contribution is -0.123. The van der Waals surface area contributed by atoms with Gasteiger partial charge < -0.3 is 5.32 Å². The molecule has 0 spiro atoms. The molecule has 0 bridgehead atoms. The van der Waals surface area contributed by atoms with Gasteiger partial charge in [0.15, 0.2) is 14.6 Å². The Balaban J connectivity index is 1.61. The Morgan fingerprint density at radius 1 is 1.07 bits per heavy atom. The van der Waals surface area contributed by atoms with Gasteiger partial charge in [0.05, 0.1) is 10.6 Å². The van der Waals surface area contributed by atoms with Crippen LogP contribution in [0.1, 0.15) is 31.2 Å². The van der Waals surface area contributed by atoms with E-state index in [1.165, 1.54) is 24.3 Å². The smallest absolute Gasteiger partial charge is 0.242 e. The number of nitrogens with zero attached hydrogens (tertiary/aromatic N) is 2. The Morgan fingerprint density at radius 3 is 2.43 bits per heavy atom. The lowest BCUT2D eigenvalue weighted by Crippen LogP contribution is -2.50. The van der Waals surface area contributed by atoms with Crippen molar-refractivity contribution in [2.24, 2.45) is 0 Å². The van der Waals surface area contributed by atoms with Crippen molar-refractivity contribution in [2.45, 2.75) is 41.9 Å². The predicted molar refractivity (Wildman–Crippen MR) is 115 cm³/mol. The van der Waals surface area contributed by atoms with Gasteiger partial charge in [0, 0.05) is 24.0 Å². The molecular weight excluding hydrogens is 422 g/mol. The minimum atomic E-state index is -3.86. The molecule has 1 aliphatic rings. The van der Waals surface area contributed by atoms with E-state index in [2.05, 4.69) is 10.4 Å². The maximum atomic E-state index is 13.5. The van der Waals surface area contributed by atoms with Crippen molar-refractivity contribution in [3.63, 3.8) is 0 Å². The van der Waals surface area contributed by atoms with Crippen molar-refractivity contribution in [3.8, 4) is 5.69 Å². The number of amides is 1. The van der Waals surface area contributed by atoms with Crippen LogP contribution in [0.2, 0.25) is 5.02 Å². The first-order valence-corrected chi connectivity index (χ1v) is 11.7. The van der Waals surface area contributed by atoms with Gasteiger partial charge in [-0.15, -0.1) is 0 Å². The lowest BCUT2D eigenvalue weighted by atomic mass is 10.1. The minimum Gasteiger partial charge on any atom is -0.351 e. The van der Waals surface area contributed by atoms with E-state index in [-0.39, 0.29) is 11.4 Å². The predicted octanol–water partition coefficient (Wildman–Crippen LogP) is 3.93. The highest BCUT2D eigenvalue weighted by molar-refractivity contribution is 7.93. The number of hydrogen-bond donors (Lipinski definition) is 1. The molecule has 4 rings (SSSR count). The number of para-hydroxylation sites is 1. The largest absolute Gasteiger partial charge is 0.351 e. The zero-order chi connectivity index (χ0) is 21.2. The molecule has 0 unspecified atom stereocenters. The van der Waals surface area contributed by atoms with Gasteiger partial charge in [-0.2, -0.15) is 5.10 Å². The number of aromatic nitrogens is 2. The molecule has 156 valence electrons. The van der Waals surface area contributed by atoms with E-state index in [1.807, 2.05) is 36.5 Å². The number of sulfone groups is 1. The Bertz CT molecular complexity index is 1140. The first kappa shape index (κ1) is 20.6. The molecule has 0 atom stereocenters. The van der Waals surface area contributed by atoms with Crippen LogP contribution < -0.4 is 5.32 Å². The summed E-state index contributed by atoms with van der Waals surface area (Å²) in [6, 6.07) is 15.4. The lowest BCUT2D eigenvalue weighted by Gasteiger charge is -2.28. The Hall–Kier alpha value is -2.64. The summed E-state index contributed by atoms with van der Waals surface area (Å²) in [7, 11) is -3.86. The molecule has 8 heteroatoms. The van der Waals surface area contributed by atoms with Gasteiger partial charge in [-0.25, -0.2) is 13.1 Å². The van der Waals surface area contributed by atoms with E-state index in [0.717, 1.165) is 11.3 Å². The summed E-state index contributed by atoms with van der Waals surface area (Å²) in [6.07, 6.45) is 5.52. The molecule has 1 amide bonds. The average molecular weight is 444 g/mol. The normalized spacial score (nSPS) is 15.8. The van der Waals surface area contributed by atoms with Crippen molar-refractivity contribution < 1.29 is 13.2 Å². The molecule has 0 radical (unpaired) electrons. The molecule has 1 saturated carbocycles. The number of carbonyl (C=O) groups excluding carboxylic acids is 1. The van der Waals surface area contributed by atoms with Crippen LogP contribution >= 0.6 is 11.6 Å². The van der Waals surface area contributed by atoms with Crippen molar-refractivity contribution >= 4 is 27.3 Å². The molecular formula is C22H22ClN3O3S. The third-order valence-electron chi connectivity index (χ3n) is 5.65. The second kappa shape index (κ2) is 8.24. The van der Waals surface area contributed by atoms with Gasteiger partial charge in [0.1, 0.15) is 0 Å². The fourth-order valence-electron chi connectivity index (χ4n) is 4.04. The SMILES string of the molecule is O=C(NCc1ccccc1-n1cccn1)C1(S(=O)(=O)c2ccc(Cl)cc2)CCCC1. The highest BCUT2D eigenvalue weighted by Gasteiger charge is 2.52. The maximum Gasteiger partial charge on any atom is 0.242 e. The Morgan fingerprint density at radius 2 is 1.77 bits per heavy atom. The fourth-order valence-corrected chi connectivity index (χ4v) is 6.25. The number of nitrogens with one attached hydrogen (secondary N) is 1. The molecule has 2 aromatic carbocycles. The van der Waals surface area contributed by atoms with Crippen molar-refractivity contribution in [2.75, 3.05) is 0 Å². The molecule has 1 aliphatic carbocycles. The van der Waals surface area contributed by atoms with Crippen LogP contribution in [-0.4, -0.2) is 28.9 Å². The zero-order valence-corrected chi connectivity index (χ0v) is 17.9. The summed E-state index contributed by atoms with van der Waals surface area (Å²) >= 11 is 5.91. The third-order valence-corrected chi connectivity index (χ3v) is 8.41. The van der Waals surface area contributed by atoms with Crippen LogP contribution in [0.5, 0.6) is 0 Å². The van der Waals surface area contributed by atoms with Crippen molar-refractivity contribution in [1.29, 1.82) is 0 Å². The average Bonchev–Trinajstić information content (AvgIpc) is 3.45. The van der Waals surface area contributed by atoms with Crippen molar-refractivity contribution in [3.05, 3.63) is 77.6 Å². The van der Waals surface area contributed by atoms with E-state index in [4.69, 9.17) is 11.6 Å². The standard InChI is InChI=1S/C22H22ClN3O3S/c23-18-8-10-19(11-9-18)30(28,29)22(12-3-4-13-22)21(27)24-16-17-6-1-2-7-20(17)26-15-5-14-25-26/h1-2,5-11,14-15H,3-4,12-13,16H2,(H,24,27). The second-order valence-electron chi connectivity index (χ2n) is 7.42. The van der Waals surface area contributed by atoms with Crippen LogP contribution in [0, 0.1) is 0 Å². The summed E-state index contributed by atoms with van der Waals surface area (Å²) in [6.45, 7) is 0.215. The van der Waals surface area contributed by atoms with Crippen LogP contribution in [-0.2, 0) is 21.2 Å². The number of halogens is 1. The van der Waals surface area contributed by atoms with Gasteiger partial charge >= 0.3 is 0 Å². The molecule has 3 aromatic rings. The Kier molecular flexibility index (Phi) is 5.66. The van der Waals surface area contributed by atoms with Gasteiger partial charge in [0.2, 0.25) is 5.91 Å². The molecule has 0 aliphatic heterocycles. The van der Waals surface area contributed by atoms with E-state index >= 15 is 0 Å². The van der Waals surface area contributed by atoms with Gasteiger partial charge in [-0.3, -0.25) is 4.79 Å². The highest BCUT2D eigenvalue weighted by Crippen LogP contribution is 2.41. The van der Waals surface area contributed by atoms with Crippen LogP contribution in [0.25, 0.3) is 5.69 Å². The molecule has 6 nitrogen and oxygen atoms in total. The molecule has 1 fully saturated rings. The quantitative estimate of drug-likeness (QED) is 0.625. The van der Waals surface area contributed by atoms with Crippen LogP contribution in [0.3, 0.4) is 0 Å². The summed E-state index contributed by atoms with van der Waals surface area (Å²) < 4.78 is 27.2. The molecule has 0 saturated heterocycles. The Labute approximate surface area is 180 Å². The number of carbonyl (C=O) groups is 1. The van der Waals surface area contributed by atoms with Crippen LogP contribution in [0.4, 0.5) is 0 Å². The van der Waals surface area contributed by atoms with E-state index in [0.29, 0.717) is 30.7 Å². The first-order chi connectivity index (χ1) is 14.4. The van der Waals surface area contributed by atoms with E-state index in [1.54, 1.807) is 10.9 Å². The van der Waals surface area contributed by atoms with E-state index in [9.17, 15) is 13.2 Å². The van der Waals surface area contributed by atoms with Gasteiger partial charge in [-0.1, -0.05) is 42.6 Å². The van der Waals surface area contributed by atoms with E-state index < -0.39 is 20.5 Å². The monoisotopic (exact) mass is 443 g/mol. The van der Waals surface area contributed by atoms with Gasteiger partial charge in [-0.05, 0) is 54.8 Å². The fraction of sp³-hybridized carbons (Fsp3) is 0.273. The summed E-state index contributed by atoms with van der Waals surface area (Å²) in [4.78, 5) is 13.4. The molecule has 1 heterocycles. The number of rotatable bonds is 6. The number of hydrogen-bond acceptors (Lipinski definition) is 4. The molecule has 1 aromatic heterocycles. The second-order valence-corrected chi connectivity index (χ2v) is 10.1.